The number of nitrogens with zero attached hydrogens (tertiary/aromatic N) is 2. The van der Waals surface area contributed by atoms with Gasteiger partial charge in [-0.15, -0.1) is 0 Å². The largest absolute Gasteiger partial charge is 0.378 e. The third-order valence-corrected chi connectivity index (χ3v) is 4.10. The highest BCUT2D eigenvalue weighted by atomic mass is 16.5. The van der Waals surface area contributed by atoms with E-state index < -0.39 is 0 Å². The van der Waals surface area contributed by atoms with Gasteiger partial charge in [0.1, 0.15) is 0 Å². The van der Waals surface area contributed by atoms with Crippen LogP contribution in [0.15, 0.2) is 0 Å². The number of amides is 1. The van der Waals surface area contributed by atoms with E-state index in [0.29, 0.717) is 46.0 Å². The topological polar surface area (TPSA) is 63.3 Å². The van der Waals surface area contributed by atoms with Crippen LogP contribution in [-0.4, -0.2) is 101 Å². The molecule has 1 saturated heterocycles. The lowest BCUT2D eigenvalue weighted by atomic mass is 10.3. The third kappa shape index (κ3) is 10.9. The highest BCUT2D eigenvalue weighted by molar-refractivity contribution is 5.75. The number of likely N-dealkylation sites (N-methyl/N-ethyl adjacent to an activating group) is 1. The van der Waals surface area contributed by atoms with E-state index in [1.54, 1.807) is 0 Å². The summed E-state index contributed by atoms with van der Waals surface area (Å²) in [5.74, 6) is 0.0549. The standard InChI is InChI=1S/C17H35N3O4/c1-3-17(21)18-5-11-22-13-15-24-16-14-23-12-10-20-8-6-19(4-2)7-9-20/h3-16H2,1-2H3,(H,18,21). The number of piperazine rings is 1. The molecular formula is C17H35N3O4. The molecule has 0 aliphatic carbocycles. The highest BCUT2D eigenvalue weighted by Gasteiger charge is 2.14. The van der Waals surface area contributed by atoms with E-state index in [0.717, 1.165) is 32.8 Å². The van der Waals surface area contributed by atoms with Gasteiger partial charge in [0.2, 0.25) is 5.91 Å². The van der Waals surface area contributed by atoms with Crippen molar-refractivity contribution >= 4 is 5.91 Å². The van der Waals surface area contributed by atoms with E-state index in [-0.39, 0.29) is 5.91 Å². The van der Waals surface area contributed by atoms with Crippen LogP contribution in [0.3, 0.4) is 0 Å². The summed E-state index contributed by atoms with van der Waals surface area (Å²) in [6, 6.07) is 0. The van der Waals surface area contributed by atoms with Gasteiger partial charge in [0.15, 0.2) is 0 Å². The molecule has 142 valence electrons. The van der Waals surface area contributed by atoms with Crippen molar-refractivity contribution < 1.29 is 19.0 Å². The molecule has 0 aromatic carbocycles. The Morgan fingerprint density at radius 3 is 1.96 bits per heavy atom. The van der Waals surface area contributed by atoms with Gasteiger partial charge in [-0.05, 0) is 6.54 Å². The summed E-state index contributed by atoms with van der Waals surface area (Å²) in [5.41, 5.74) is 0. The maximum atomic E-state index is 11.0. The van der Waals surface area contributed by atoms with E-state index in [1.807, 2.05) is 6.92 Å². The lowest BCUT2D eigenvalue weighted by molar-refractivity contribution is -0.121. The van der Waals surface area contributed by atoms with Crippen molar-refractivity contribution in [1.82, 2.24) is 15.1 Å². The van der Waals surface area contributed by atoms with Gasteiger partial charge in [0.25, 0.3) is 0 Å². The number of hydrogen-bond donors (Lipinski definition) is 1. The molecule has 0 radical (unpaired) electrons. The Hall–Kier alpha value is -0.730. The second kappa shape index (κ2) is 14.6. The van der Waals surface area contributed by atoms with Gasteiger partial charge >= 0.3 is 0 Å². The maximum Gasteiger partial charge on any atom is 0.219 e. The molecule has 0 aromatic heterocycles. The van der Waals surface area contributed by atoms with Crippen LogP contribution in [0.25, 0.3) is 0 Å². The Morgan fingerprint density at radius 2 is 1.38 bits per heavy atom. The van der Waals surface area contributed by atoms with Crippen molar-refractivity contribution in [2.75, 3.05) is 85.5 Å². The minimum atomic E-state index is 0.0549. The second-order valence-corrected chi connectivity index (χ2v) is 5.82. The first-order chi connectivity index (χ1) is 11.8. The lowest BCUT2D eigenvalue weighted by Gasteiger charge is -2.33. The summed E-state index contributed by atoms with van der Waals surface area (Å²) in [6.45, 7) is 15.0. The molecule has 0 unspecified atom stereocenters. The van der Waals surface area contributed by atoms with Gasteiger partial charge in [0.05, 0.1) is 39.6 Å². The number of nitrogens with one attached hydrogen (secondary N) is 1. The predicted molar refractivity (Wildman–Crippen MR) is 94.3 cm³/mol. The van der Waals surface area contributed by atoms with Crippen LogP contribution in [-0.2, 0) is 19.0 Å². The van der Waals surface area contributed by atoms with Crippen molar-refractivity contribution in [2.24, 2.45) is 0 Å². The predicted octanol–water partition coefficient (Wildman–Crippen LogP) is 0.200. The molecule has 7 nitrogen and oxygen atoms in total. The van der Waals surface area contributed by atoms with Crippen molar-refractivity contribution in [2.45, 2.75) is 20.3 Å². The monoisotopic (exact) mass is 345 g/mol. The second-order valence-electron chi connectivity index (χ2n) is 5.82. The molecule has 7 heteroatoms. The molecule has 0 atom stereocenters. The van der Waals surface area contributed by atoms with Crippen LogP contribution in [0.4, 0.5) is 0 Å². The van der Waals surface area contributed by atoms with Gasteiger partial charge in [-0.3, -0.25) is 9.69 Å². The zero-order chi connectivity index (χ0) is 17.5. The highest BCUT2D eigenvalue weighted by Crippen LogP contribution is 2.00. The van der Waals surface area contributed by atoms with Crippen molar-refractivity contribution in [3.63, 3.8) is 0 Å². The minimum absolute atomic E-state index is 0.0549. The van der Waals surface area contributed by atoms with E-state index in [4.69, 9.17) is 14.2 Å². The number of ether oxygens (including phenoxy) is 3. The van der Waals surface area contributed by atoms with E-state index in [9.17, 15) is 4.79 Å². The summed E-state index contributed by atoms with van der Waals surface area (Å²) in [4.78, 5) is 15.9. The van der Waals surface area contributed by atoms with Gasteiger partial charge in [-0.25, -0.2) is 0 Å². The molecule has 1 rings (SSSR count). The summed E-state index contributed by atoms with van der Waals surface area (Å²) < 4.78 is 16.4. The molecule has 1 N–H and O–H groups in total. The molecule has 1 fully saturated rings. The number of hydrogen-bond acceptors (Lipinski definition) is 6. The zero-order valence-corrected chi connectivity index (χ0v) is 15.4. The van der Waals surface area contributed by atoms with Crippen molar-refractivity contribution in [3.05, 3.63) is 0 Å². The first-order valence-electron chi connectivity index (χ1n) is 9.20. The molecular weight excluding hydrogens is 310 g/mol. The quantitative estimate of drug-likeness (QED) is 0.454. The van der Waals surface area contributed by atoms with Crippen LogP contribution in [0.5, 0.6) is 0 Å². The molecule has 1 heterocycles. The summed E-state index contributed by atoms with van der Waals surface area (Å²) in [5, 5.41) is 2.76. The summed E-state index contributed by atoms with van der Waals surface area (Å²) in [7, 11) is 0. The van der Waals surface area contributed by atoms with E-state index in [2.05, 4.69) is 22.0 Å². The smallest absolute Gasteiger partial charge is 0.219 e. The van der Waals surface area contributed by atoms with Crippen molar-refractivity contribution in [1.29, 1.82) is 0 Å². The van der Waals surface area contributed by atoms with Crippen LogP contribution >= 0.6 is 0 Å². The average Bonchev–Trinajstić information content (AvgIpc) is 2.62. The molecule has 0 aromatic rings. The average molecular weight is 345 g/mol. The van der Waals surface area contributed by atoms with Gasteiger partial charge < -0.3 is 24.4 Å². The van der Waals surface area contributed by atoms with Gasteiger partial charge in [-0.1, -0.05) is 13.8 Å². The first-order valence-corrected chi connectivity index (χ1v) is 9.20. The Labute approximate surface area is 146 Å². The Bertz CT molecular complexity index is 310. The Kier molecular flexibility index (Phi) is 13.0. The van der Waals surface area contributed by atoms with E-state index in [1.165, 1.54) is 13.1 Å². The van der Waals surface area contributed by atoms with Crippen molar-refractivity contribution in [3.8, 4) is 0 Å². The summed E-state index contributed by atoms with van der Waals surface area (Å²) >= 11 is 0. The van der Waals surface area contributed by atoms with E-state index >= 15 is 0 Å². The van der Waals surface area contributed by atoms with Crippen LogP contribution in [0.2, 0.25) is 0 Å². The number of carbonyl (C=O) groups excluding carboxylic acids is 1. The first kappa shape index (κ1) is 21.3. The molecule has 0 spiro atoms. The fourth-order valence-corrected chi connectivity index (χ4v) is 2.45. The number of carbonyl (C=O) groups is 1. The van der Waals surface area contributed by atoms with Crippen LogP contribution in [0, 0.1) is 0 Å². The molecule has 0 bridgehead atoms. The molecule has 1 amide bonds. The fourth-order valence-electron chi connectivity index (χ4n) is 2.45. The molecule has 1 aliphatic heterocycles. The SMILES string of the molecule is CCC(=O)NCCOCCOCCOCCN1CCN(CC)CC1. The summed E-state index contributed by atoms with van der Waals surface area (Å²) in [6.07, 6.45) is 0.512. The maximum absolute atomic E-state index is 11.0. The van der Waals surface area contributed by atoms with Gasteiger partial charge in [0, 0.05) is 45.7 Å². The normalized spacial score (nSPS) is 16.4. The number of rotatable bonds is 14. The Balaban J connectivity index is 1.76. The minimum Gasteiger partial charge on any atom is -0.378 e. The zero-order valence-electron chi connectivity index (χ0n) is 15.4. The molecule has 24 heavy (non-hydrogen) atoms. The molecule has 0 saturated carbocycles. The fraction of sp³-hybridized carbons (Fsp3) is 0.941. The lowest BCUT2D eigenvalue weighted by Crippen LogP contribution is -2.47. The van der Waals surface area contributed by atoms with Gasteiger partial charge in [-0.2, -0.15) is 0 Å². The third-order valence-electron chi connectivity index (χ3n) is 4.10. The molecule has 1 aliphatic rings. The van der Waals surface area contributed by atoms with Crippen LogP contribution in [0.1, 0.15) is 20.3 Å². The van der Waals surface area contributed by atoms with Crippen LogP contribution < -0.4 is 5.32 Å². The Morgan fingerprint density at radius 1 is 0.833 bits per heavy atom.